The molecule has 0 unspecified atom stereocenters. The SMILES string of the molecule is CN=C(NCCc1ccc(OC)c(OC(F)F)c1)NCc1ccccc1F. The molecule has 0 heterocycles. The van der Waals surface area contributed by atoms with E-state index in [4.69, 9.17) is 4.74 Å². The van der Waals surface area contributed by atoms with Crippen LogP contribution in [0.25, 0.3) is 0 Å². The summed E-state index contributed by atoms with van der Waals surface area (Å²) in [4.78, 5) is 4.08. The van der Waals surface area contributed by atoms with E-state index in [1.165, 1.54) is 19.2 Å². The van der Waals surface area contributed by atoms with Gasteiger partial charge in [0.2, 0.25) is 0 Å². The van der Waals surface area contributed by atoms with E-state index in [1.54, 1.807) is 37.4 Å². The van der Waals surface area contributed by atoms with Crippen molar-refractivity contribution in [1.82, 2.24) is 10.6 Å². The molecule has 0 amide bonds. The quantitative estimate of drug-likeness (QED) is 0.544. The second-order valence-corrected chi connectivity index (χ2v) is 5.56. The number of aliphatic imine (C=N–C) groups is 1. The van der Waals surface area contributed by atoms with Crippen LogP contribution in [-0.4, -0.2) is 33.3 Å². The zero-order chi connectivity index (χ0) is 19.6. The number of benzene rings is 2. The highest BCUT2D eigenvalue weighted by atomic mass is 19.3. The van der Waals surface area contributed by atoms with Crippen molar-refractivity contribution in [3.05, 3.63) is 59.4 Å². The fourth-order valence-electron chi connectivity index (χ4n) is 2.43. The largest absolute Gasteiger partial charge is 0.493 e. The van der Waals surface area contributed by atoms with Gasteiger partial charge in [-0.15, -0.1) is 0 Å². The van der Waals surface area contributed by atoms with Crippen LogP contribution in [0.15, 0.2) is 47.5 Å². The van der Waals surface area contributed by atoms with Crippen molar-refractivity contribution in [3.8, 4) is 11.5 Å². The van der Waals surface area contributed by atoms with Gasteiger partial charge in [0, 0.05) is 25.7 Å². The van der Waals surface area contributed by atoms with E-state index in [2.05, 4.69) is 20.4 Å². The van der Waals surface area contributed by atoms with Gasteiger partial charge in [-0.25, -0.2) is 4.39 Å². The van der Waals surface area contributed by atoms with Crippen molar-refractivity contribution in [3.63, 3.8) is 0 Å². The highest BCUT2D eigenvalue weighted by molar-refractivity contribution is 5.79. The van der Waals surface area contributed by atoms with Gasteiger partial charge in [-0.1, -0.05) is 24.3 Å². The molecule has 27 heavy (non-hydrogen) atoms. The normalized spacial score (nSPS) is 11.4. The molecule has 2 N–H and O–H groups in total. The number of methoxy groups -OCH3 is 1. The maximum Gasteiger partial charge on any atom is 0.387 e. The second kappa shape index (κ2) is 10.3. The molecule has 0 aliphatic heterocycles. The van der Waals surface area contributed by atoms with Crippen LogP contribution < -0.4 is 20.1 Å². The first kappa shape index (κ1) is 20.4. The number of guanidine groups is 1. The molecule has 0 aliphatic rings. The zero-order valence-electron chi connectivity index (χ0n) is 15.1. The molecule has 5 nitrogen and oxygen atoms in total. The van der Waals surface area contributed by atoms with Gasteiger partial charge in [-0.05, 0) is 30.2 Å². The van der Waals surface area contributed by atoms with Gasteiger partial charge in [0.25, 0.3) is 0 Å². The molecule has 0 aromatic heterocycles. The van der Waals surface area contributed by atoms with Crippen LogP contribution in [0.1, 0.15) is 11.1 Å². The predicted molar refractivity (Wildman–Crippen MR) is 97.9 cm³/mol. The predicted octanol–water partition coefficient (Wildman–Crippen LogP) is 3.34. The highest BCUT2D eigenvalue weighted by Gasteiger charge is 2.11. The fraction of sp³-hybridized carbons (Fsp3) is 0.316. The smallest absolute Gasteiger partial charge is 0.387 e. The van der Waals surface area contributed by atoms with Gasteiger partial charge in [-0.2, -0.15) is 8.78 Å². The van der Waals surface area contributed by atoms with Crippen molar-refractivity contribution in [2.45, 2.75) is 19.6 Å². The third-order valence-electron chi connectivity index (χ3n) is 3.78. The van der Waals surface area contributed by atoms with Crippen LogP contribution in [0.4, 0.5) is 13.2 Å². The van der Waals surface area contributed by atoms with Crippen molar-refractivity contribution in [2.24, 2.45) is 4.99 Å². The average Bonchev–Trinajstić information content (AvgIpc) is 2.65. The molecule has 0 bridgehead atoms. The van der Waals surface area contributed by atoms with Crippen LogP contribution in [0.5, 0.6) is 11.5 Å². The Bertz CT molecular complexity index is 770. The summed E-state index contributed by atoms with van der Waals surface area (Å²) in [6, 6.07) is 11.4. The molecule has 2 aromatic rings. The second-order valence-electron chi connectivity index (χ2n) is 5.56. The number of nitrogens with zero attached hydrogens (tertiary/aromatic N) is 1. The number of hydrogen-bond donors (Lipinski definition) is 2. The van der Waals surface area contributed by atoms with Crippen molar-refractivity contribution in [2.75, 3.05) is 20.7 Å². The summed E-state index contributed by atoms with van der Waals surface area (Å²) in [5.74, 6) is 0.461. The van der Waals surface area contributed by atoms with E-state index in [-0.39, 0.29) is 17.3 Å². The van der Waals surface area contributed by atoms with E-state index >= 15 is 0 Å². The molecule has 2 rings (SSSR count). The summed E-state index contributed by atoms with van der Waals surface area (Å²) >= 11 is 0. The Morgan fingerprint density at radius 1 is 1.11 bits per heavy atom. The van der Waals surface area contributed by atoms with Crippen LogP contribution in [0.2, 0.25) is 0 Å². The minimum atomic E-state index is -2.92. The summed E-state index contributed by atoms with van der Waals surface area (Å²) in [6.45, 7) is -2.13. The average molecular weight is 381 g/mol. The fourth-order valence-corrected chi connectivity index (χ4v) is 2.43. The zero-order valence-corrected chi connectivity index (χ0v) is 15.1. The molecule has 0 aliphatic carbocycles. The third-order valence-corrected chi connectivity index (χ3v) is 3.78. The van der Waals surface area contributed by atoms with Gasteiger partial charge in [0.15, 0.2) is 17.5 Å². The van der Waals surface area contributed by atoms with Gasteiger partial charge < -0.3 is 20.1 Å². The maximum atomic E-state index is 13.6. The van der Waals surface area contributed by atoms with Crippen LogP contribution >= 0.6 is 0 Å². The lowest BCUT2D eigenvalue weighted by atomic mass is 10.1. The first-order valence-corrected chi connectivity index (χ1v) is 8.33. The first-order chi connectivity index (χ1) is 13.0. The van der Waals surface area contributed by atoms with Gasteiger partial charge >= 0.3 is 6.61 Å². The van der Waals surface area contributed by atoms with E-state index in [1.807, 2.05) is 0 Å². The number of hydrogen-bond acceptors (Lipinski definition) is 3. The topological polar surface area (TPSA) is 54.9 Å². The lowest BCUT2D eigenvalue weighted by molar-refractivity contribution is -0.0512. The monoisotopic (exact) mass is 381 g/mol. The Balaban J connectivity index is 1.87. The number of halogens is 3. The van der Waals surface area contributed by atoms with Crippen LogP contribution in [0.3, 0.4) is 0 Å². The summed E-state index contributed by atoms with van der Waals surface area (Å²) in [5.41, 5.74) is 1.33. The van der Waals surface area contributed by atoms with E-state index < -0.39 is 6.61 Å². The molecule has 2 aromatic carbocycles. The number of alkyl halides is 2. The van der Waals surface area contributed by atoms with Crippen molar-refractivity contribution in [1.29, 1.82) is 0 Å². The Kier molecular flexibility index (Phi) is 7.79. The van der Waals surface area contributed by atoms with E-state index in [0.29, 0.717) is 31.0 Å². The minimum absolute atomic E-state index is 0.00735. The first-order valence-electron chi connectivity index (χ1n) is 8.33. The Hall–Kier alpha value is -2.90. The Morgan fingerprint density at radius 3 is 2.56 bits per heavy atom. The van der Waals surface area contributed by atoms with Crippen molar-refractivity contribution >= 4 is 5.96 Å². The molecule has 0 radical (unpaired) electrons. The third kappa shape index (κ3) is 6.40. The van der Waals surface area contributed by atoms with Gasteiger partial charge in [0.1, 0.15) is 5.82 Å². The molecule has 146 valence electrons. The maximum absolute atomic E-state index is 13.6. The summed E-state index contributed by atoms with van der Waals surface area (Å²) in [6.07, 6.45) is 0.546. The molecule has 0 spiro atoms. The molecule has 0 saturated heterocycles. The Morgan fingerprint density at radius 2 is 1.89 bits per heavy atom. The summed E-state index contributed by atoms with van der Waals surface area (Å²) < 4.78 is 48.1. The standard InChI is InChI=1S/C19H22F3N3O2/c1-23-19(25-12-14-5-3-4-6-15(14)20)24-10-9-13-7-8-16(26-2)17(11-13)27-18(21)22/h3-8,11,18H,9-10,12H2,1-2H3,(H2,23,24,25). The lowest BCUT2D eigenvalue weighted by Crippen LogP contribution is -2.38. The van der Waals surface area contributed by atoms with Crippen molar-refractivity contribution < 1.29 is 22.6 Å². The summed E-state index contributed by atoms with van der Waals surface area (Å²) in [5, 5.41) is 6.12. The lowest BCUT2D eigenvalue weighted by Gasteiger charge is -2.14. The molecular weight excluding hydrogens is 359 g/mol. The van der Waals surface area contributed by atoms with E-state index in [0.717, 1.165) is 5.56 Å². The number of rotatable bonds is 8. The molecule has 0 atom stereocenters. The Labute approximate surface area is 156 Å². The summed E-state index contributed by atoms with van der Waals surface area (Å²) in [7, 11) is 3.00. The van der Waals surface area contributed by atoms with Gasteiger partial charge in [0.05, 0.1) is 7.11 Å². The molecule has 0 fully saturated rings. The molecule has 0 saturated carbocycles. The van der Waals surface area contributed by atoms with Crippen LogP contribution in [0, 0.1) is 5.82 Å². The molecule has 8 heteroatoms. The number of nitrogens with one attached hydrogen (secondary N) is 2. The highest BCUT2D eigenvalue weighted by Crippen LogP contribution is 2.29. The van der Waals surface area contributed by atoms with Gasteiger partial charge in [-0.3, -0.25) is 4.99 Å². The number of ether oxygens (including phenoxy) is 2. The van der Waals surface area contributed by atoms with E-state index in [9.17, 15) is 13.2 Å². The minimum Gasteiger partial charge on any atom is -0.493 e. The van der Waals surface area contributed by atoms with Crippen LogP contribution in [-0.2, 0) is 13.0 Å². The molecular formula is C19H22F3N3O2.